The summed E-state index contributed by atoms with van der Waals surface area (Å²) < 4.78 is 17.0. The van der Waals surface area contributed by atoms with E-state index in [4.69, 9.17) is 14.2 Å². The zero-order valence-electron chi connectivity index (χ0n) is 31.3. The number of allylic oxidation sites excluding steroid dienone is 2. The highest BCUT2D eigenvalue weighted by atomic mass is 16.7. The molecule has 0 aromatic carbocycles. The third-order valence-electron chi connectivity index (χ3n) is 14.1. The van der Waals surface area contributed by atoms with Crippen LogP contribution in [0.1, 0.15) is 101 Å². The molecule has 4 aliphatic carbocycles. The van der Waals surface area contributed by atoms with Crippen LogP contribution in [0.25, 0.3) is 0 Å². The molecule has 13 heteroatoms. The number of ketones is 3. The van der Waals surface area contributed by atoms with Gasteiger partial charge in [-0.3, -0.25) is 19.2 Å². The third kappa shape index (κ3) is 6.07. The lowest BCUT2D eigenvalue weighted by Crippen LogP contribution is -2.66. The van der Waals surface area contributed by atoms with Crippen LogP contribution in [0.3, 0.4) is 0 Å². The summed E-state index contributed by atoms with van der Waals surface area (Å²) >= 11 is 0. The summed E-state index contributed by atoms with van der Waals surface area (Å²) in [5.74, 6) is -3.22. The number of hydrogen-bond acceptors (Lipinski definition) is 13. The molecule has 4 fully saturated rings. The van der Waals surface area contributed by atoms with Crippen molar-refractivity contribution in [3.05, 3.63) is 11.6 Å². The number of Topliss-reactive ketones (excluding diaryl/α,β-unsaturated/α-hetero) is 3. The second kappa shape index (κ2) is 13.0. The first-order chi connectivity index (χ1) is 23.3. The van der Waals surface area contributed by atoms with Gasteiger partial charge in [0.15, 0.2) is 17.9 Å². The van der Waals surface area contributed by atoms with Gasteiger partial charge < -0.3 is 44.8 Å². The highest BCUT2D eigenvalue weighted by Crippen LogP contribution is 2.74. The van der Waals surface area contributed by atoms with Crippen LogP contribution in [0, 0.1) is 39.4 Å². The second-order valence-corrected chi connectivity index (χ2v) is 17.9. The molecule has 1 heterocycles. The van der Waals surface area contributed by atoms with Crippen molar-refractivity contribution in [2.24, 2.45) is 39.4 Å². The van der Waals surface area contributed by atoms with Crippen molar-refractivity contribution in [2.45, 2.75) is 155 Å². The third-order valence-corrected chi connectivity index (χ3v) is 14.1. The van der Waals surface area contributed by atoms with Crippen molar-refractivity contribution in [1.29, 1.82) is 0 Å². The van der Waals surface area contributed by atoms with Crippen molar-refractivity contribution < 1.29 is 64.0 Å². The number of aliphatic hydroxyl groups excluding tert-OH is 5. The van der Waals surface area contributed by atoms with Crippen LogP contribution in [0.5, 0.6) is 0 Å². The van der Waals surface area contributed by atoms with Crippen molar-refractivity contribution in [3.8, 4) is 0 Å². The Hall–Kier alpha value is -2.10. The van der Waals surface area contributed by atoms with Crippen LogP contribution in [-0.4, -0.2) is 115 Å². The van der Waals surface area contributed by atoms with Gasteiger partial charge in [0.05, 0.1) is 12.7 Å². The standard InChI is InChI=1S/C38H58O13/c1-18(40)51-33(2,3)13-12-25(42)38(9,48)30-21(41)15-35(6)24-11-10-19-20(37(24,8)26(43)16-36(30,35)7)14-22(31(47)34(19,4)5)49-32-29(46)28(45)27(44)23(17-39)50-32/h10,20-24,27-30,32,39,41,44-46,48H,11-17H2,1-9H3/t20-,21-,22+,23-,24+,27-,28+,29-,30-,32-,35+,36-,37+,38+/m1/s1. The van der Waals surface area contributed by atoms with E-state index in [0.29, 0.717) is 6.42 Å². The summed E-state index contributed by atoms with van der Waals surface area (Å²) in [6.07, 6.45) is -7.25. The number of carbonyl (C=O) groups is 4. The lowest BCUT2D eigenvalue weighted by molar-refractivity contribution is -0.311. The summed E-state index contributed by atoms with van der Waals surface area (Å²) in [6.45, 7) is 14.7. The zero-order valence-corrected chi connectivity index (χ0v) is 31.3. The first-order valence-electron chi connectivity index (χ1n) is 18.2. The number of carbonyl (C=O) groups excluding carboxylic acids is 4. The van der Waals surface area contributed by atoms with E-state index in [1.54, 1.807) is 27.7 Å². The summed E-state index contributed by atoms with van der Waals surface area (Å²) in [5.41, 5.74) is -5.98. The van der Waals surface area contributed by atoms with E-state index in [2.05, 4.69) is 0 Å². The monoisotopic (exact) mass is 722 g/mol. The fraction of sp³-hybridized carbons (Fsp3) is 0.842. The van der Waals surface area contributed by atoms with Gasteiger partial charge in [-0.2, -0.15) is 0 Å². The molecular formula is C38H58O13. The molecule has 0 bridgehead atoms. The van der Waals surface area contributed by atoms with Crippen molar-refractivity contribution in [2.75, 3.05) is 6.61 Å². The highest BCUT2D eigenvalue weighted by Gasteiger charge is 2.74. The number of esters is 1. The largest absolute Gasteiger partial charge is 0.460 e. The van der Waals surface area contributed by atoms with Gasteiger partial charge in [-0.05, 0) is 83.0 Å². The Morgan fingerprint density at radius 1 is 0.980 bits per heavy atom. The summed E-state index contributed by atoms with van der Waals surface area (Å²) in [6, 6.07) is 0. The van der Waals surface area contributed by atoms with Crippen LogP contribution in [0.4, 0.5) is 0 Å². The van der Waals surface area contributed by atoms with Crippen LogP contribution in [-0.2, 0) is 33.4 Å². The highest BCUT2D eigenvalue weighted by molar-refractivity contribution is 5.95. The van der Waals surface area contributed by atoms with Crippen LogP contribution >= 0.6 is 0 Å². The van der Waals surface area contributed by atoms with E-state index in [9.17, 15) is 49.8 Å². The fourth-order valence-corrected chi connectivity index (χ4v) is 11.1. The lowest BCUT2D eigenvalue weighted by atomic mass is 9.38. The molecule has 3 saturated carbocycles. The molecule has 1 saturated heterocycles. The van der Waals surface area contributed by atoms with Crippen LogP contribution in [0.2, 0.25) is 0 Å². The number of ether oxygens (including phenoxy) is 3. The minimum atomic E-state index is -1.99. The van der Waals surface area contributed by atoms with Crippen molar-refractivity contribution in [1.82, 2.24) is 0 Å². The molecule has 5 rings (SSSR count). The maximum Gasteiger partial charge on any atom is 0.303 e. The molecule has 0 aromatic heterocycles. The average molecular weight is 723 g/mol. The van der Waals surface area contributed by atoms with E-state index < -0.39 is 106 Å². The topological polar surface area (TPSA) is 217 Å². The average Bonchev–Trinajstić information content (AvgIpc) is 3.22. The van der Waals surface area contributed by atoms with E-state index >= 15 is 0 Å². The molecule has 13 nitrogen and oxygen atoms in total. The number of aliphatic hydroxyl groups is 6. The second-order valence-electron chi connectivity index (χ2n) is 17.9. The molecule has 5 aliphatic rings. The number of fused-ring (bicyclic) bond motifs is 5. The van der Waals surface area contributed by atoms with Gasteiger partial charge in [-0.15, -0.1) is 0 Å². The normalized spacial score (nSPS) is 44.8. The van der Waals surface area contributed by atoms with Crippen molar-refractivity contribution >= 4 is 23.3 Å². The molecule has 51 heavy (non-hydrogen) atoms. The maximum absolute atomic E-state index is 14.8. The molecule has 6 N–H and O–H groups in total. The molecule has 288 valence electrons. The number of rotatable bonds is 9. The first kappa shape index (κ1) is 40.1. The number of hydrogen-bond donors (Lipinski definition) is 6. The predicted octanol–water partition coefficient (Wildman–Crippen LogP) is 1.55. The lowest BCUT2D eigenvalue weighted by Gasteiger charge is -2.64. The molecule has 0 radical (unpaired) electrons. The Bertz CT molecular complexity index is 1460. The van der Waals surface area contributed by atoms with E-state index in [1.165, 1.54) is 13.8 Å². The fourth-order valence-electron chi connectivity index (χ4n) is 11.1. The summed E-state index contributed by atoms with van der Waals surface area (Å²) in [7, 11) is 0. The van der Waals surface area contributed by atoms with Crippen LogP contribution < -0.4 is 0 Å². The van der Waals surface area contributed by atoms with Gasteiger partial charge in [0, 0.05) is 36.5 Å². The van der Waals surface area contributed by atoms with Gasteiger partial charge >= 0.3 is 5.97 Å². The minimum absolute atomic E-state index is 0.0308. The van der Waals surface area contributed by atoms with Gasteiger partial charge in [0.1, 0.15) is 47.5 Å². The maximum atomic E-state index is 14.8. The molecule has 0 aromatic rings. The predicted molar refractivity (Wildman–Crippen MR) is 180 cm³/mol. The minimum Gasteiger partial charge on any atom is -0.460 e. The Morgan fingerprint density at radius 3 is 2.20 bits per heavy atom. The van der Waals surface area contributed by atoms with Crippen molar-refractivity contribution in [3.63, 3.8) is 0 Å². The Morgan fingerprint density at radius 2 is 1.61 bits per heavy atom. The van der Waals surface area contributed by atoms with E-state index in [-0.39, 0.29) is 49.6 Å². The smallest absolute Gasteiger partial charge is 0.303 e. The summed E-state index contributed by atoms with van der Waals surface area (Å²) in [5, 5.41) is 64.8. The molecule has 0 amide bonds. The van der Waals surface area contributed by atoms with Gasteiger partial charge in [-0.1, -0.05) is 32.4 Å². The van der Waals surface area contributed by atoms with E-state index in [0.717, 1.165) is 5.57 Å². The molecule has 1 aliphatic heterocycles. The Kier molecular flexibility index (Phi) is 10.2. The van der Waals surface area contributed by atoms with Gasteiger partial charge in [0.25, 0.3) is 0 Å². The van der Waals surface area contributed by atoms with Crippen LogP contribution in [0.15, 0.2) is 11.6 Å². The first-order valence-corrected chi connectivity index (χ1v) is 18.2. The molecule has 14 atom stereocenters. The molecule has 0 spiro atoms. The van der Waals surface area contributed by atoms with Gasteiger partial charge in [-0.25, -0.2) is 0 Å². The zero-order chi connectivity index (χ0) is 38.4. The Labute approximate surface area is 299 Å². The summed E-state index contributed by atoms with van der Waals surface area (Å²) in [4.78, 5) is 54.1. The quantitative estimate of drug-likeness (QED) is 0.147. The Balaban J connectivity index is 1.46. The molecular weight excluding hydrogens is 664 g/mol. The van der Waals surface area contributed by atoms with E-state index in [1.807, 2.05) is 26.8 Å². The van der Waals surface area contributed by atoms with Gasteiger partial charge in [0.2, 0.25) is 0 Å². The molecule has 0 unspecified atom stereocenters. The SMILES string of the molecule is CC(=O)OC(C)(C)CCC(=O)[C@](C)(O)[C@@H]1[C@H](O)C[C@@]2(C)[C@@H]3CC=C4[C@@H](C[C@H](O[C@@H]5O[C@H](CO)[C@@H](O)[C@H](O)[C@H]5O)C(=O)C4(C)C)[C@]3(C)C(=O)C[C@]12C.